The number of piperidine rings is 1. The zero-order valence-corrected chi connectivity index (χ0v) is 7.63. The molecule has 0 unspecified atom stereocenters. The zero-order chi connectivity index (χ0) is 8.39. The Morgan fingerprint density at radius 2 is 1.92 bits per heavy atom. The van der Waals surface area contributed by atoms with E-state index < -0.39 is 0 Å². The molecule has 0 amide bonds. The summed E-state index contributed by atoms with van der Waals surface area (Å²) < 4.78 is 0. The lowest BCUT2D eigenvalue weighted by molar-refractivity contribution is 0.134. The van der Waals surface area contributed by atoms with Crippen molar-refractivity contribution in [2.75, 3.05) is 6.61 Å². The Morgan fingerprint density at radius 3 is 2.75 bits per heavy atom. The summed E-state index contributed by atoms with van der Waals surface area (Å²) in [5, 5.41) is 12.6. The number of hydrogen-bond donors (Lipinski definition) is 2. The van der Waals surface area contributed by atoms with Gasteiger partial charge >= 0.3 is 0 Å². The van der Waals surface area contributed by atoms with Crippen LogP contribution in [0.3, 0.4) is 0 Å². The summed E-state index contributed by atoms with van der Waals surface area (Å²) >= 11 is 0. The van der Waals surface area contributed by atoms with Gasteiger partial charge in [-0.15, -0.1) is 0 Å². The smallest absolute Gasteiger partial charge is 0.0584 e. The van der Waals surface area contributed by atoms with Crippen molar-refractivity contribution in [3.05, 3.63) is 0 Å². The lowest BCUT2D eigenvalue weighted by atomic mass is 9.78. The molecular weight excluding hydrogens is 150 g/mol. The Morgan fingerprint density at radius 1 is 1.08 bits per heavy atom. The van der Waals surface area contributed by atoms with E-state index in [0.29, 0.717) is 12.6 Å². The number of aliphatic hydroxyl groups is 1. The van der Waals surface area contributed by atoms with Crippen LogP contribution in [-0.4, -0.2) is 23.8 Å². The molecule has 0 bridgehead atoms. The molecule has 2 heteroatoms. The monoisotopic (exact) mass is 169 g/mol. The number of hydrogen-bond acceptors (Lipinski definition) is 2. The van der Waals surface area contributed by atoms with Gasteiger partial charge in [-0.3, -0.25) is 0 Å². The average Bonchev–Trinajstić information content (AvgIpc) is 2.17. The molecule has 70 valence electrons. The molecule has 2 aliphatic rings. The van der Waals surface area contributed by atoms with Gasteiger partial charge < -0.3 is 10.4 Å². The molecular formula is C10H19NO. The molecule has 0 aromatic heterocycles. The number of aliphatic hydroxyl groups excluding tert-OH is 1. The molecule has 3 atom stereocenters. The Kier molecular flexibility index (Phi) is 2.66. The molecule has 2 rings (SSSR count). The van der Waals surface area contributed by atoms with Crippen LogP contribution in [0.25, 0.3) is 0 Å². The van der Waals surface area contributed by atoms with Crippen LogP contribution in [-0.2, 0) is 0 Å². The first-order valence-electron chi connectivity index (χ1n) is 5.27. The van der Waals surface area contributed by atoms with E-state index in [9.17, 15) is 0 Å². The van der Waals surface area contributed by atoms with Gasteiger partial charge in [0.2, 0.25) is 0 Å². The lowest BCUT2D eigenvalue weighted by Crippen LogP contribution is -2.50. The van der Waals surface area contributed by atoms with Crippen LogP contribution in [0.1, 0.15) is 38.5 Å². The van der Waals surface area contributed by atoms with E-state index in [2.05, 4.69) is 5.32 Å². The maximum atomic E-state index is 9.02. The topological polar surface area (TPSA) is 32.3 Å². The maximum absolute atomic E-state index is 9.02. The summed E-state index contributed by atoms with van der Waals surface area (Å²) in [7, 11) is 0. The van der Waals surface area contributed by atoms with Crippen LogP contribution in [0, 0.1) is 5.92 Å². The third-order valence-electron chi connectivity index (χ3n) is 3.47. The quantitative estimate of drug-likeness (QED) is 0.620. The number of nitrogens with one attached hydrogen (secondary N) is 1. The van der Waals surface area contributed by atoms with Crippen molar-refractivity contribution < 1.29 is 5.11 Å². The predicted octanol–water partition coefficient (Wildman–Crippen LogP) is 1.29. The fraction of sp³-hybridized carbons (Fsp3) is 1.00. The Hall–Kier alpha value is -0.0800. The van der Waals surface area contributed by atoms with Gasteiger partial charge in [0.25, 0.3) is 0 Å². The lowest BCUT2D eigenvalue weighted by Gasteiger charge is -2.39. The fourth-order valence-corrected chi connectivity index (χ4v) is 2.72. The second kappa shape index (κ2) is 3.75. The molecule has 2 fully saturated rings. The summed E-state index contributed by atoms with van der Waals surface area (Å²) in [6, 6.07) is 1.12. The van der Waals surface area contributed by atoms with Gasteiger partial charge in [-0.2, -0.15) is 0 Å². The van der Waals surface area contributed by atoms with Gasteiger partial charge in [0.15, 0.2) is 0 Å². The van der Waals surface area contributed by atoms with E-state index >= 15 is 0 Å². The van der Waals surface area contributed by atoms with E-state index in [0.717, 1.165) is 12.0 Å². The third kappa shape index (κ3) is 1.64. The minimum Gasteiger partial charge on any atom is -0.395 e. The highest BCUT2D eigenvalue weighted by atomic mass is 16.3. The highest BCUT2D eigenvalue weighted by Gasteiger charge is 2.30. The minimum atomic E-state index is 0.323. The highest BCUT2D eigenvalue weighted by Crippen LogP contribution is 2.31. The first-order valence-corrected chi connectivity index (χ1v) is 5.27. The fourth-order valence-electron chi connectivity index (χ4n) is 2.72. The maximum Gasteiger partial charge on any atom is 0.0584 e. The summed E-state index contributed by atoms with van der Waals surface area (Å²) in [4.78, 5) is 0. The molecule has 1 aliphatic carbocycles. The standard InChI is InChI=1S/C10H19NO/c12-7-9-6-5-8-3-1-2-4-10(8)11-9/h8-12H,1-7H2/t8-,9-,10-/m1/s1. The molecule has 0 aromatic rings. The zero-order valence-electron chi connectivity index (χ0n) is 7.63. The van der Waals surface area contributed by atoms with Gasteiger partial charge in [-0.1, -0.05) is 12.8 Å². The van der Waals surface area contributed by atoms with Crippen LogP contribution < -0.4 is 5.32 Å². The van der Waals surface area contributed by atoms with E-state index in [1.165, 1.54) is 38.5 Å². The highest BCUT2D eigenvalue weighted by molar-refractivity contribution is 4.88. The second-order valence-corrected chi connectivity index (χ2v) is 4.27. The summed E-state index contributed by atoms with van der Waals surface area (Å²) in [5.41, 5.74) is 0. The van der Waals surface area contributed by atoms with Crippen molar-refractivity contribution in [2.24, 2.45) is 5.92 Å². The van der Waals surface area contributed by atoms with Crippen LogP contribution in [0.15, 0.2) is 0 Å². The Balaban J connectivity index is 1.90. The normalized spacial score (nSPS) is 42.2. The van der Waals surface area contributed by atoms with E-state index in [-0.39, 0.29) is 0 Å². The summed E-state index contributed by atoms with van der Waals surface area (Å²) in [6.07, 6.45) is 8.07. The third-order valence-corrected chi connectivity index (χ3v) is 3.47. The van der Waals surface area contributed by atoms with Crippen LogP contribution in [0.4, 0.5) is 0 Å². The molecule has 0 spiro atoms. The summed E-state index contributed by atoms with van der Waals surface area (Å²) in [5.74, 6) is 0.918. The first-order chi connectivity index (χ1) is 5.90. The molecule has 12 heavy (non-hydrogen) atoms. The number of rotatable bonds is 1. The van der Waals surface area contributed by atoms with Crippen LogP contribution >= 0.6 is 0 Å². The van der Waals surface area contributed by atoms with Crippen molar-refractivity contribution in [3.63, 3.8) is 0 Å². The summed E-state index contributed by atoms with van der Waals surface area (Å²) in [6.45, 7) is 0.323. The average molecular weight is 169 g/mol. The van der Waals surface area contributed by atoms with Crippen molar-refractivity contribution in [1.82, 2.24) is 5.32 Å². The first kappa shape index (κ1) is 8.52. The van der Waals surface area contributed by atoms with Gasteiger partial charge in [-0.25, -0.2) is 0 Å². The van der Waals surface area contributed by atoms with Crippen molar-refractivity contribution in [2.45, 2.75) is 50.6 Å². The molecule has 0 aromatic carbocycles. The second-order valence-electron chi connectivity index (χ2n) is 4.27. The molecule has 1 aliphatic heterocycles. The molecule has 0 radical (unpaired) electrons. The van der Waals surface area contributed by atoms with Gasteiger partial charge in [0.05, 0.1) is 6.61 Å². The van der Waals surface area contributed by atoms with Crippen LogP contribution in [0.5, 0.6) is 0 Å². The van der Waals surface area contributed by atoms with Crippen LogP contribution in [0.2, 0.25) is 0 Å². The Bertz CT molecular complexity index is 149. The largest absolute Gasteiger partial charge is 0.395 e. The SMILES string of the molecule is OC[C@H]1CC[C@H]2CCCC[C@H]2N1. The van der Waals surface area contributed by atoms with Gasteiger partial charge in [0, 0.05) is 12.1 Å². The molecule has 1 saturated heterocycles. The Labute approximate surface area is 74.4 Å². The van der Waals surface area contributed by atoms with E-state index in [1.807, 2.05) is 0 Å². The van der Waals surface area contributed by atoms with Crippen molar-refractivity contribution in [1.29, 1.82) is 0 Å². The predicted molar refractivity (Wildman–Crippen MR) is 49.0 cm³/mol. The van der Waals surface area contributed by atoms with Crippen molar-refractivity contribution >= 4 is 0 Å². The minimum absolute atomic E-state index is 0.323. The van der Waals surface area contributed by atoms with Gasteiger partial charge in [-0.05, 0) is 31.6 Å². The molecule has 1 heterocycles. The van der Waals surface area contributed by atoms with Gasteiger partial charge in [0.1, 0.15) is 0 Å². The molecule has 2 N–H and O–H groups in total. The van der Waals surface area contributed by atoms with Crippen molar-refractivity contribution in [3.8, 4) is 0 Å². The van der Waals surface area contributed by atoms with E-state index in [1.54, 1.807) is 0 Å². The molecule has 2 nitrogen and oxygen atoms in total. The number of fused-ring (bicyclic) bond motifs is 1. The van der Waals surface area contributed by atoms with E-state index in [4.69, 9.17) is 5.11 Å². The molecule has 1 saturated carbocycles.